The van der Waals surface area contributed by atoms with Crippen molar-refractivity contribution in [1.29, 1.82) is 0 Å². The fourth-order valence-electron chi connectivity index (χ4n) is 2.87. The van der Waals surface area contributed by atoms with Crippen LogP contribution < -0.4 is 0 Å². The predicted molar refractivity (Wildman–Crippen MR) is 67.7 cm³/mol. The molecular formula is C12H25N3O2. The standard InChI is InChI=1S/C12H25N3O2/c1-9-10(6-7-11(16)17)8-14(4)12(13(2)3)15(9)5/h9-10,12H,6-8H2,1-5H3,(H,16,17). The first-order chi connectivity index (χ1) is 7.84. The molecule has 0 bridgehead atoms. The van der Waals surface area contributed by atoms with E-state index in [1.54, 1.807) is 0 Å². The molecule has 1 aliphatic heterocycles. The highest BCUT2D eigenvalue weighted by molar-refractivity contribution is 5.66. The van der Waals surface area contributed by atoms with Gasteiger partial charge in [-0.25, -0.2) is 0 Å². The Bertz CT molecular complexity index is 270. The van der Waals surface area contributed by atoms with Gasteiger partial charge in [0.2, 0.25) is 0 Å². The van der Waals surface area contributed by atoms with Crippen molar-refractivity contribution in [2.75, 3.05) is 34.7 Å². The van der Waals surface area contributed by atoms with E-state index in [-0.39, 0.29) is 6.42 Å². The summed E-state index contributed by atoms with van der Waals surface area (Å²) in [6.45, 7) is 3.15. The maximum absolute atomic E-state index is 10.6. The topological polar surface area (TPSA) is 47.0 Å². The summed E-state index contributed by atoms with van der Waals surface area (Å²) in [7, 11) is 8.35. The van der Waals surface area contributed by atoms with E-state index in [9.17, 15) is 4.79 Å². The van der Waals surface area contributed by atoms with Crippen LogP contribution in [-0.2, 0) is 4.79 Å². The van der Waals surface area contributed by atoms with Gasteiger partial charge >= 0.3 is 5.97 Å². The van der Waals surface area contributed by atoms with Crippen LogP contribution in [0.25, 0.3) is 0 Å². The van der Waals surface area contributed by atoms with Crippen molar-refractivity contribution >= 4 is 5.97 Å². The van der Waals surface area contributed by atoms with Gasteiger partial charge in [-0.3, -0.25) is 19.5 Å². The third-order valence-corrected chi connectivity index (χ3v) is 3.80. The van der Waals surface area contributed by atoms with Gasteiger partial charge in [-0.1, -0.05) is 0 Å². The number of hydrogen-bond donors (Lipinski definition) is 1. The molecule has 0 aromatic heterocycles. The van der Waals surface area contributed by atoms with E-state index in [0.717, 1.165) is 13.0 Å². The minimum Gasteiger partial charge on any atom is -0.481 e. The maximum Gasteiger partial charge on any atom is 0.303 e. The zero-order chi connectivity index (χ0) is 13.2. The van der Waals surface area contributed by atoms with Gasteiger partial charge in [-0.15, -0.1) is 0 Å². The van der Waals surface area contributed by atoms with Crippen molar-refractivity contribution in [1.82, 2.24) is 14.7 Å². The number of carboxylic acids is 1. The first-order valence-corrected chi connectivity index (χ1v) is 6.15. The van der Waals surface area contributed by atoms with Crippen molar-refractivity contribution in [2.24, 2.45) is 5.92 Å². The lowest BCUT2D eigenvalue weighted by atomic mass is 9.92. The third-order valence-electron chi connectivity index (χ3n) is 3.80. The molecule has 0 aromatic carbocycles. The molecule has 100 valence electrons. The Morgan fingerprint density at radius 3 is 2.47 bits per heavy atom. The second kappa shape index (κ2) is 5.80. The van der Waals surface area contributed by atoms with Crippen LogP contribution in [0.4, 0.5) is 0 Å². The van der Waals surface area contributed by atoms with Crippen LogP contribution in [0.15, 0.2) is 0 Å². The van der Waals surface area contributed by atoms with Crippen LogP contribution in [0.5, 0.6) is 0 Å². The lowest BCUT2D eigenvalue weighted by Crippen LogP contribution is -2.63. The molecule has 0 radical (unpaired) electrons. The minimum absolute atomic E-state index is 0.267. The molecule has 1 N–H and O–H groups in total. The summed E-state index contributed by atoms with van der Waals surface area (Å²) in [6, 6.07) is 0.415. The third kappa shape index (κ3) is 3.40. The largest absolute Gasteiger partial charge is 0.481 e. The Kier molecular flexibility index (Phi) is 4.91. The number of carboxylic acid groups (broad SMARTS) is 1. The Morgan fingerprint density at radius 2 is 2.00 bits per heavy atom. The molecule has 1 rings (SSSR count). The summed E-state index contributed by atoms with van der Waals surface area (Å²) < 4.78 is 0. The molecule has 0 aliphatic carbocycles. The van der Waals surface area contributed by atoms with Gasteiger partial charge in [0.1, 0.15) is 6.29 Å². The second-order valence-electron chi connectivity index (χ2n) is 5.35. The van der Waals surface area contributed by atoms with Gasteiger partial charge in [0.25, 0.3) is 0 Å². The second-order valence-corrected chi connectivity index (χ2v) is 5.35. The van der Waals surface area contributed by atoms with Crippen molar-refractivity contribution < 1.29 is 9.90 Å². The SMILES string of the molecule is CC1C(CCC(=O)O)CN(C)C(N(C)C)N1C. The monoisotopic (exact) mass is 243 g/mol. The Morgan fingerprint density at radius 1 is 1.41 bits per heavy atom. The van der Waals surface area contributed by atoms with Crippen molar-refractivity contribution in [3.05, 3.63) is 0 Å². The van der Waals surface area contributed by atoms with Gasteiger partial charge < -0.3 is 5.11 Å². The van der Waals surface area contributed by atoms with E-state index >= 15 is 0 Å². The number of rotatable bonds is 4. The molecule has 3 unspecified atom stereocenters. The molecule has 1 saturated heterocycles. The Hall–Kier alpha value is -0.650. The quantitative estimate of drug-likeness (QED) is 0.782. The first-order valence-electron chi connectivity index (χ1n) is 6.15. The summed E-state index contributed by atoms with van der Waals surface area (Å²) in [4.78, 5) is 17.4. The lowest BCUT2D eigenvalue weighted by Gasteiger charge is -2.50. The molecule has 0 saturated carbocycles. The zero-order valence-electron chi connectivity index (χ0n) is 11.6. The van der Waals surface area contributed by atoms with Gasteiger partial charge in [0.15, 0.2) is 0 Å². The molecular weight excluding hydrogens is 218 g/mol. The predicted octanol–water partition coefficient (Wildman–Crippen LogP) is 0.578. The molecule has 1 heterocycles. The van der Waals surface area contributed by atoms with Crippen LogP contribution in [0.2, 0.25) is 0 Å². The summed E-state index contributed by atoms with van der Waals surface area (Å²) in [5.41, 5.74) is 0. The van der Waals surface area contributed by atoms with Gasteiger partial charge in [0.05, 0.1) is 0 Å². The number of carbonyl (C=O) groups is 1. The molecule has 5 heteroatoms. The highest BCUT2D eigenvalue weighted by atomic mass is 16.4. The van der Waals surface area contributed by atoms with Gasteiger partial charge in [-0.05, 0) is 47.5 Å². The molecule has 3 atom stereocenters. The average molecular weight is 243 g/mol. The van der Waals surface area contributed by atoms with E-state index in [2.05, 4.69) is 49.8 Å². The molecule has 5 nitrogen and oxygen atoms in total. The van der Waals surface area contributed by atoms with E-state index in [1.807, 2.05) is 0 Å². The summed E-state index contributed by atoms with van der Waals surface area (Å²) in [5.74, 6) is -0.269. The maximum atomic E-state index is 10.6. The molecule has 17 heavy (non-hydrogen) atoms. The summed E-state index contributed by atoms with van der Waals surface area (Å²) >= 11 is 0. The summed E-state index contributed by atoms with van der Waals surface area (Å²) in [5, 5.41) is 8.77. The van der Waals surface area contributed by atoms with Crippen LogP contribution >= 0.6 is 0 Å². The van der Waals surface area contributed by atoms with Gasteiger partial charge in [-0.2, -0.15) is 0 Å². The minimum atomic E-state index is -0.697. The fourth-order valence-corrected chi connectivity index (χ4v) is 2.87. The molecule has 1 aliphatic rings. The van der Waals surface area contributed by atoms with Crippen LogP contribution in [-0.4, -0.2) is 72.8 Å². The molecule has 0 amide bonds. The summed E-state index contributed by atoms with van der Waals surface area (Å²) in [6.07, 6.45) is 1.32. The Labute approximate surface area is 104 Å². The molecule has 0 spiro atoms. The van der Waals surface area contributed by atoms with Crippen molar-refractivity contribution in [3.63, 3.8) is 0 Å². The number of hydrogen-bond acceptors (Lipinski definition) is 4. The zero-order valence-corrected chi connectivity index (χ0v) is 11.6. The van der Waals surface area contributed by atoms with E-state index in [0.29, 0.717) is 18.2 Å². The van der Waals surface area contributed by atoms with Gasteiger partial charge in [0, 0.05) is 19.0 Å². The normalized spacial score (nSPS) is 32.0. The van der Waals surface area contributed by atoms with Crippen molar-refractivity contribution in [3.8, 4) is 0 Å². The van der Waals surface area contributed by atoms with Crippen LogP contribution in [0.1, 0.15) is 19.8 Å². The van der Waals surface area contributed by atoms with Crippen LogP contribution in [0.3, 0.4) is 0 Å². The van der Waals surface area contributed by atoms with E-state index in [4.69, 9.17) is 5.11 Å². The van der Waals surface area contributed by atoms with Crippen LogP contribution in [0, 0.1) is 5.92 Å². The first kappa shape index (κ1) is 14.4. The smallest absolute Gasteiger partial charge is 0.303 e. The highest BCUT2D eigenvalue weighted by Crippen LogP contribution is 2.26. The average Bonchev–Trinajstić information content (AvgIpc) is 2.20. The lowest BCUT2D eigenvalue weighted by molar-refractivity contribution is -0.138. The number of nitrogens with zero attached hydrogens (tertiary/aromatic N) is 3. The van der Waals surface area contributed by atoms with E-state index in [1.165, 1.54) is 0 Å². The molecule has 0 aromatic rings. The Balaban J connectivity index is 2.65. The molecule has 1 fully saturated rings. The highest BCUT2D eigenvalue weighted by Gasteiger charge is 2.36. The number of aliphatic carboxylic acids is 1. The fraction of sp³-hybridized carbons (Fsp3) is 0.917. The van der Waals surface area contributed by atoms with Crippen molar-refractivity contribution in [2.45, 2.75) is 32.1 Å². The van der Waals surface area contributed by atoms with E-state index < -0.39 is 5.97 Å².